The Morgan fingerprint density at radius 2 is 1.32 bits per heavy atom. The molecule has 2 fully saturated rings. The van der Waals surface area contributed by atoms with E-state index in [0.717, 1.165) is 41.5 Å². The highest BCUT2D eigenvalue weighted by Gasteiger charge is 2.42. The zero-order chi connectivity index (χ0) is 38.4. The molecule has 2 aromatic carbocycles. The van der Waals surface area contributed by atoms with Crippen LogP contribution < -0.4 is 11.4 Å². The minimum atomic E-state index is -4.03. The van der Waals surface area contributed by atoms with Crippen LogP contribution in [0.25, 0.3) is 0 Å². The van der Waals surface area contributed by atoms with Crippen LogP contribution in [0.1, 0.15) is 54.0 Å². The lowest BCUT2D eigenvalue weighted by Gasteiger charge is -2.39. The van der Waals surface area contributed by atoms with Gasteiger partial charge in [0.15, 0.2) is 0 Å². The second-order valence-corrected chi connectivity index (χ2v) is 15.4. The Bertz CT molecular complexity index is 2050. The molecule has 53 heavy (non-hydrogen) atoms. The van der Waals surface area contributed by atoms with E-state index < -0.39 is 41.4 Å². The fraction of sp³-hybridized carbons (Fsp3) is 0.556. The molecule has 2 saturated heterocycles. The van der Waals surface area contributed by atoms with Crippen molar-refractivity contribution in [2.45, 2.75) is 108 Å². The van der Waals surface area contributed by atoms with Gasteiger partial charge in [-0.1, -0.05) is 42.0 Å². The normalized spacial score (nSPS) is 19.9. The third kappa shape index (κ3) is 9.93. The Labute approximate surface area is 307 Å². The number of rotatable bonds is 14. The number of ether oxygens (including phenoxy) is 1. The van der Waals surface area contributed by atoms with Gasteiger partial charge in [-0.2, -0.15) is 18.6 Å². The predicted octanol–water partition coefficient (Wildman–Crippen LogP) is 3.85. The van der Waals surface area contributed by atoms with Crippen molar-refractivity contribution in [1.82, 2.24) is 33.6 Å². The average Bonchev–Trinajstić information content (AvgIpc) is 3.61. The number of piperidine rings is 1. The molecule has 4 aromatic rings. The van der Waals surface area contributed by atoms with Crippen LogP contribution in [0.5, 0.6) is 0 Å². The quantitative estimate of drug-likeness (QED) is 0.176. The first-order valence-electron chi connectivity index (χ1n) is 17.6. The summed E-state index contributed by atoms with van der Waals surface area (Å²) in [5.41, 5.74) is 1.73. The fourth-order valence-corrected chi connectivity index (χ4v) is 7.71. The van der Waals surface area contributed by atoms with Crippen molar-refractivity contribution in [1.29, 1.82) is 0 Å². The van der Waals surface area contributed by atoms with Crippen LogP contribution in [-0.2, 0) is 59.5 Å². The summed E-state index contributed by atoms with van der Waals surface area (Å²) < 4.78 is 81.5. The summed E-state index contributed by atoms with van der Waals surface area (Å²) in [7, 11) is -0.866. The third-order valence-electron chi connectivity index (χ3n) is 9.96. The van der Waals surface area contributed by atoms with Gasteiger partial charge >= 0.3 is 11.4 Å². The van der Waals surface area contributed by atoms with Crippen LogP contribution >= 0.6 is 0 Å². The summed E-state index contributed by atoms with van der Waals surface area (Å²) in [5.74, 6) is 1.02. The predicted molar refractivity (Wildman–Crippen MR) is 191 cm³/mol. The van der Waals surface area contributed by atoms with Gasteiger partial charge < -0.3 is 4.74 Å². The molecule has 2 bridgehead atoms. The first-order chi connectivity index (χ1) is 25.2. The van der Waals surface area contributed by atoms with E-state index >= 15 is 0 Å². The second-order valence-electron chi connectivity index (χ2n) is 13.8. The van der Waals surface area contributed by atoms with E-state index in [1.54, 1.807) is 39.1 Å². The van der Waals surface area contributed by atoms with Gasteiger partial charge in [0.05, 0.1) is 37.3 Å². The van der Waals surface area contributed by atoms with E-state index in [9.17, 15) is 31.2 Å². The van der Waals surface area contributed by atoms with Gasteiger partial charge in [-0.3, -0.25) is 18.2 Å². The Hall–Kier alpha value is -4.06. The molecule has 2 aromatic heterocycles. The number of nitrogens with zero attached hydrogens (tertiary/aromatic N) is 7. The minimum absolute atomic E-state index is 0.0175. The lowest BCUT2D eigenvalue weighted by atomic mass is 9.99. The highest BCUT2D eigenvalue weighted by atomic mass is 32.2. The van der Waals surface area contributed by atoms with Gasteiger partial charge in [-0.25, -0.2) is 32.1 Å². The molecule has 17 heteroatoms. The molecule has 4 atom stereocenters. The summed E-state index contributed by atoms with van der Waals surface area (Å²) in [6.07, 6.45) is 1.11. The maximum Gasteiger partial charge on any atom is 0.345 e. The second kappa shape index (κ2) is 17.4. The van der Waals surface area contributed by atoms with E-state index in [1.165, 1.54) is 33.0 Å². The van der Waals surface area contributed by atoms with Crippen LogP contribution in [0.4, 0.5) is 13.2 Å². The van der Waals surface area contributed by atoms with E-state index in [1.807, 2.05) is 25.1 Å². The van der Waals surface area contributed by atoms with Gasteiger partial charge in [-0.05, 0) is 69.7 Å². The Balaban J connectivity index is 0.000000212. The number of aryl methyl sites for hydroxylation is 3. The molecule has 0 N–H and O–H groups in total. The first kappa shape index (κ1) is 40.1. The maximum absolute atomic E-state index is 14.8. The van der Waals surface area contributed by atoms with Crippen LogP contribution in [0, 0.1) is 20.8 Å². The Kier molecular flexibility index (Phi) is 13.2. The van der Waals surface area contributed by atoms with E-state index in [0.29, 0.717) is 42.4 Å². The zero-order valence-electron chi connectivity index (χ0n) is 30.7. The van der Waals surface area contributed by atoms with Crippen LogP contribution in [-0.4, -0.2) is 85.7 Å². The van der Waals surface area contributed by atoms with Crippen molar-refractivity contribution in [2.24, 2.45) is 14.1 Å². The average molecular weight is 764 g/mol. The molecule has 13 nitrogen and oxygen atoms in total. The topological polar surface area (TPSA) is 135 Å². The van der Waals surface area contributed by atoms with Crippen molar-refractivity contribution < 1.29 is 30.5 Å². The molecule has 0 spiro atoms. The van der Waals surface area contributed by atoms with Crippen molar-refractivity contribution in [2.75, 3.05) is 13.2 Å². The first-order valence-corrected chi connectivity index (χ1v) is 19.0. The third-order valence-corrected chi connectivity index (χ3v) is 11.3. The number of hydrogen-bond donors (Lipinski definition) is 0. The van der Waals surface area contributed by atoms with Gasteiger partial charge in [0.2, 0.25) is 0 Å². The molecule has 6 rings (SSSR count). The largest absolute Gasteiger partial charge is 0.373 e. The van der Waals surface area contributed by atoms with Gasteiger partial charge in [0.25, 0.3) is 10.1 Å². The summed E-state index contributed by atoms with van der Waals surface area (Å²) >= 11 is 0. The van der Waals surface area contributed by atoms with Crippen LogP contribution in [0.3, 0.4) is 0 Å². The molecule has 0 aliphatic carbocycles. The monoisotopic (exact) mass is 763 g/mol. The van der Waals surface area contributed by atoms with Gasteiger partial charge in [0, 0.05) is 32.7 Å². The van der Waals surface area contributed by atoms with Crippen molar-refractivity contribution in [3.05, 3.63) is 97.8 Å². The van der Waals surface area contributed by atoms with Crippen LogP contribution in [0.15, 0.2) is 63.0 Å². The number of alkyl halides is 3. The van der Waals surface area contributed by atoms with Crippen LogP contribution in [0.2, 0.25) is 0 Å². The lowest BCUT2D eigenvalue weighted by molar-refractivity contribution is -0.0345. The Morgan fingerprint density at radius 3 is 1.83 bits per heavy atom. The van der Waals surface area contributed by atoms with E-state index in [4.69, 9.17) is 8.92 Å². The van der Waals surface area contributed by atoms with Crippen molar-refractivity contribution in [3.63, 3.8) is 0 Å². The summed E-state index contributed by atoms with van der Waals surface area (Å²) in [6, 6.07) is 14.1. The highest BCUT2D eigenvalue weighted by Crippen LogP contribution is 2.37. The molecule has 2 aliphatic rings. The summed E-state index contributed by atoms with van der Waals surface area (Å²) in [4.78, 5) is 26.0. The zero-order valence-corrected chi connectivity index (χ0v) is 31.5. The molecule has 4 heterocycles. The molecule has 2 aliphatic heterocycles. The SMILES string of the molecule is Cc1ccc(S(=O)(=O)OC[C@@H](F)Cn2nc(C)n(C)c2=O)cc1.Cc1nn(C[C@H](F)CN2C3CCC2CC(OCc2ccccc2CF)C3)c(=O)n1C. The molecule has 0 amide bonds. The molecular weight excluding hydrogens is 716 g/mol. The van der Waals surface area contributed by atoms with Gasteiger partial charge in [0.1, 0.15) is 30.7 Å². The Morgan fingerprint density at radius 1 is 0.792 bits per heavy atom. The number of halogens is 3. The van der Waals surface area contributed by atoms with E-state index in [-0.39, 0.29) is 29.8 Å². The summed E-state index contributed by atoms with van der Waals surface area (Å²) in [5, 5.41) is 8.02. The standard InChI is InChI=1S/C22H30F2N4O2.C14H18FN3O4S/c1-15-25-28(22(29)26(15)2)13-18(24)12-27-19-7-8-20(27)10-21(9-19)30-14-17-6-4-3-5-16(17)11-23;1-10-4-6-13(7-5-10)23(20,21)22-9-12(15)8-18-14(19)17(3)11(2)16-18/h3-6,18-21H,7-14H2,1-2H3;4-7,12H,8-9H2,1-3H3/t18-,19?,20?,21?;12-/m10/s1. The smallest absolute Gasteiger partial charge is 0.345 e. The molecule has 2 unspecified atom stereocenters. The molecule has 290 valence electrons. The summed E-state index contributed by atoms with van der Waals surface area (Å²) in [6.45, 7) is 4.35. The number of fused-ring (bicyclic) bond motifs is 2. The minimum Gasteiger partial charge on any atom is -0.373 e. The molecular formula is C36H48F3N7O6S. The molecule has 0 radical (unpaired) electrons. The van der Waals surface area contributed by atoms with Gasteiger partial charge in [-0.15, -0.1) is 0 Å². The van der Waals surface area contributed by atoms with Crippen molar-refractivity contribution in [3.8, 4) is 0 Å². The highest BCUT2D eigenvalue weighted by molar-refractivity contribution is 7.86. The lowest BCUT2D eigenvalue weighted by Crippen LogP contribution is -2.48. The van der Waals surface area contributed by atoms with Crippen molar-refractivity contribution >= 4 is 10.1 Å². The van der Waals surface area contributed by atoms with E-state index in [2.05, 4.69) is 15.1 Å². The maximum atomic E-state index is 14.8. The number of hydrogen-bond acceptors (Lipinski definition) is 9. The number of benzene rings is 2. The number of aromatic nitrogens is 6. The fourth-order valence-electron chi connectivity index (χ4n) is 6.78. The molecule has 0 saturated carbocycles.